The molecule has 2 aromatic rings. The van der Waals surface area contributed by atoms with Crippen molar-refractivity contribution in [1.29, 1.82) is 0 Å². The van der Waals surface area contributed by atoms with E-state index < -0.39 is 12.2 Å². The summed E-state index contributed by atoms with van der Waals surface area (Å²) in [6, 6.07) is 4.77. The Hall–Kier alpha value is -1.62. The molecule has 1 heterocycles. The van der Waals surface area contributed by atoms with E-state index in [1.54, 1.807) is 24.4 Å². The molecule has 1 N–H and O–H groups in total. The lowest BCUT2D eigenvalue weighted by molar-refractivity contribution is -0.156. The molecular formula is C12H11F3N2. The monoisotopic (exact) mass is 240 g/mol. The molecule has 0 radical (unpaired) electrons. The van der Waals surface area contributed by atoms with Crippen LogP contribution >= 0.6 is 0 Å². The van der Waals surface area contributed by atoms with Crippen LogP contribution in [0.2, 0.25) is 0 Å². The molecule has 0 bridgehead atoms. The molecular weight excluding hydrogens is 229 g/mol. The lowest BCUT2D eigenvalue weighted by Gasteiger charge is -2.21. The summed E-state index contributed by atoms with van der Waals surface area (Å²) in [5, 5.41) is 3.58. The van der Waals surface area contributed by atoms with Crippen molar-refractivity contribution in [2.24, 2.45) is 0 Å². The van der Waals surface area contributed by atoms with Crippen LogP contribution in [0, 0.1) is 0 Å². The minimum absolute atomic E-state index is 0.222. The highest BCUT2D eigenvalue weighted by atomic mass is 19.4. The fraction of sp³-hybridized carbons (Fsp3) is 0.250. The van der Waals surface area contributed by atoms with E-state index in [-0.39, 0.29) is 5.56 Å². The zero-order valence-corrected chi connectivity index (χ0v) is 9.12. The number of hydrogen-bond acceptors (Lipinski definition) is 2. The number of benzene rings is 1. The van der Waals surface area contributed by atoms with Crippen LogP contribution in [0.25, 0.3) is 10.8 Å². The van der Waals surface area contributed by atoms with Gasteiger partial charge in [0.15, 0.2) is 0 Å². The van der Waals surface area contributed by atoms with E-state index in [4.69, 9.17) is 0 Å². The van der Waals surface area contributed by atoms with Gasteiger partial charge < -0.3 is 5.32 Å². The Morgan fingerprint density at radius 1 is 1.24 bits per heavy atom. The molecule has 5 heteroatoms. The Balaban J connectivity index is 2.62. The highest BCUT2D eigenvalue weighted by Crippen LogP contribution is 2.35. The van der Waals surface area contributed by atoms with Gasteiger partial charge in [-0.25, -0.2) is 0 Å². The number of halogens is 3. The van der Waals surface area contributed by atoms with Crippen LogP contribution in [-0.2, 0) is 0 Å². The van der Waals surface area contributed by atoms with Crippen molar-refractivity contribution < 1.29 is 13.2 Å². The van der Waals surface area contributed by atoms with Crippen molar-refractivity contribution in [3.05, 3.63) is 42.2 Å². The minimum Gasteiger partial charge on any atom is -0.306 e. The Bertz CT molecular complexity index is 517. The molecule has 2 rings (SSSR count). The van der Waals surface area contributed by atoms with E-state index in [0.717, 1.165) is 0 Å². The van der Waals surface area contributed by atoms with Gasteiger partial charge in [0.25, 0.3) is 0 Å². The third-order valence-corrected chi connectivity index (χ3v) is 2.64. The fourth-order valence-electron chi connectivity index (χ4n) is 1.89. The molecule has 2 nitrogen and oxygen atoms in total. The molecule has 1 unspecified atom stereocenters. The number of nitrogens with zero attached hydrogens (tertiary/aromatic N) is 1. The smallest absolute Gasteiger partial charge is 0.306 e. The van der Waals surface area contributed by atoms with Crippen LogP contribution in [-0.4, -0.2) is 18.2 Å². The fourth-order valence-corrected chi connectivity index (χ4v) is 1.89. The third kappa shape index (κ3) is 2.24. The molecule has 0 amide bonds. The summed E-state index contributed by atoms with van der Waals surface area (Å²) in [4.78, 5) is 3.90. The van der Waals surface area contributed by atoms with E-state index in [9.17, 15) is 13.2 Å². The zero-order valence-electron chi connectivity index (χ0n) is 9.12. The van der Waals surface area contributed by atoms with E-state index in [0.29, 0.717) is 10.8 Å². The maximum atomic E-state index is 12.9. The Morgan fingerprint density at radius 2 is 2.00 bits per heavy atom. The van der Waals surface area contributed by atoms with Crippen LogP contribution in [0.3, 0.4) is 0 Å². The molecule has 0 fully saturated rings. The molecule has 1 atom stereocenters. The summed E-state index contributed by atoms with van der Waals surface area (Å²) in [5.41, 5.74) is 0.222. The Labute approximate surface area is 96.5 Å². The zero-order chi connectivity index (χ0) is 12.5. The molecule has 90 valence electrons. The molecule has 1 aromatic heterocycles. The van der Waals surface area contributed by atoms with Crippen LogP contribution < -0.4 is 5.32 Å². The quantitative estimate of drug-likeness (QED) is 0.872. The summed E-state index contributed by atoms with van der Waals surface area (Å²) in [6.45, 7) is 0. The first kappa shape index (κ1) is 11.9. The van der Waals surface area contributed by atoms with Gasteiger partial charge in [0.1, 0.15) is 6.04 Å². The van der Waals surface area contributed by atoms with Gasteiger partial charge in [-0.15, -0.1) is 0 Å². The van der Waals surface area contributed by atoms with E-state index in [1.807, 2.05) is 0 Å². The van der Waals surface area contributed by atoms with Gasteiger partial charge >= 0.3 is 6.18 Å². The molecule has 0 spiro atoms. The van der Waals surface area contributed by atoms with Crippen LogP contribution in [0.5, 0.6) is 0 Å². The number of nitrogens with one attached hydrogen (secondary N) is 1. The molecule has 17 heavy (non-hydrogen) atoms. The summed E-state index contributed by atoms with van der Waals surface area (Å²) in [7, 11) is 1.30. The normalized spacial score (nSPS) is 13.9. The van der Waals surface area contributed by atoms with Crippen molar-refractivity contribution in [2.75, 3.05) is 7.05 Å². The highest BCUT2D eigenvalue weighted by Gasteiger charge is 2.40. The largest absolute Gasteiger partial charge is 0.407 e. The topological polar surface area (TPSA) is 24.9 Å². The lowest BCUT2D eigenvalue weighted by Crippen LogP contribution is -2.31. The lowest BCUT2D eigenvalue weighted by atomic mass is 10.00. The summed E-state index contributed by atoms with van der Waals surface area (Å²) >= 11 is 0. The minimum atomic E-state index is -4.31. The van der Waals surface area contributed by atoms with Crippen molar-refractivity contribution in [3.8, 4) is 0 Å². The molecule has 0 saturated carbocycles. The molecule has 0 aliphatic rings. The standard InChI is InChI=1S/C12H11F3N2/c1-16-11(12(13,14)15)10-4-2-3-8-7-17-6-5-9(8)10/h2-7,11,16H,1H3. The van der Waals surface area contributed by atoms with Crippen LogP contribution in [0.4, 0.5) is 13.2 Å². The van der Waals surface area contributed by atoms with E-state index >= 15 is 0 Å². The number of pyridine rings is 1. The number of fused-ring (bicyclic) bond motifs is 1. The molecule has 0 saturated heterocycles. The van der Waals surface area contributed by atoms with Crippen LogP contribution in [0.15, 0.2) is 36.7 Å². The highest BCUT2D eigenvalue weighted by molar-refractivity contribution is 5.85. The van der Waals surface area contributed by atoms with Gasteiger partial charge in [-0.1, -0.05) is 18.2 Å². The van der Waals surface area contributed by atoms with Gasteiger partial charge in [-0.3, -0.25) is 4.98 Å². The first-order valence-electron chi connectivity index (χ1n) is 5.10. The van der Waals surface area contributed by atoms with Crippen molar-refractivity contribution in [3.63, 3.8) is 0 Å². The number of alkyl halides is 3. The van der Waals surface area contributed by atoms with Gasteiger partial charge in [0.2, 0.25) is 0 Å². The number of rotatable bonds is 2. The second-order valence-electron chi connectivity index (χ2n) is 3.71. The average Bonchev–Trinajstić information content (AvgIpc) is 2.28. The number of hydrogen-bond donors (Lipinski definition) is 1. The first-order chi connectivity index (χ1) is 8.04. The summed E-state index contributed by atoms with van der Waals surface area (Å²) in [6.07, 6.45) is -1.26. The molecule has 1 aromatic carbocycles. The third-order valence-electron chi connectivity index (χ3n) is 2.64. The van der Waals surface area contributed by atoms with Gasteiger partial charge in [-0.2, -0.15) is 13.2 Å². The predicted octanol–water partition coefficient (Wildman–Crippen LogP) is 3.06. The second-order valence-corrected chi connectivity index (χ2v) is 3.71. The van der Waals surface area contributed by atoms with E-state index in [2.05, 4.69) is 10.3 Å². The van der Waals surface area contributed by atoms with Gasteiger partial charge in [-0.05, 0) is 24.1 Å². The second kappa shape index (κ2) is 4.33. The molecule has 0 aliphatic carbocycles. The maximum Gasteiger partial charge on any atom is 0.407 e. The average molecular weight is 240 g/mol. The molecule has 0 aliphatic heterocycles. The van der Waals surface area contributed by atoms with Crippen molar-refractivity contribution in [2.45, 2.75) is 12.2 Å². The maximum absolute atomic E-state index is 12.9. The Kier molecular flexibility index (Phi) is 3.02. The summed E-state index contributed by atoms with van der Waals surface area (Å²) < 4.78 is 38.6. The SMILES string of the molecule is CNC(c1cccc2cnccc12)C(F)(F)F. The van der Waals surface area contributed by atoms with Gasteiger partial charge in [0, 0.05) is 17.8 Å². The van der Waals surface area contributed by atoms with Crippen LogP contribution in [0.1, 0.15) is 11.6 Å². The van der Waals surface area contributed by atoms with Gasteiger partial charge in [0.05, 0.1) is 0 Å². The number of aromatic nitrogens is 1. The van der Waals surface area contributed by atoms with Crippen molar-refractivity contribution in [1.82, 2.24) is 10.3 Å². The van der Waals surface area contributed by atoms with E-state index in [1.165, 1.54) is 19.3 Å². The first-order valence-corrected chi connectivity index (χ1v) is 5.10. The predicted molar refractivity (Wildman–Crippen MR) is 59.6 cm³/mol. The summed E-state index contributed by atoms with van der Waals surface area (Å²) in [5.74, 6) is 0. The Morgan fingerprint density at radius 3 is 2.65 bits per heavy atom. The van der Waals surface area contributed by atoms with Crippen molar-refractivity contribution >= 4 is 10.8 Å².